The van der Waals surface area contributed by atoms with E-state index in [4.69, 9.17) is 0 Å². The van der Waals surface area contributed by atoms with E-state index in [1.54, 1.807) is 0 Å². The molecule has 136 valence electrons. The molecule has 7 heteroatoms. The summed E-state index contributed by atoms with van der Waals surface area (Å²) in [6.45, 7) is 8.91. The van der Waals surface area contributed by atoms with Crippen LogP contribution in [0.2, 0.25) is 0 Å². The summed E-state index contributed by atoms with van der Waals surface area (Å²) < 4.78 is 1.84. The number of nitrogens with one attached hydrogen (secondary N) is 1. The van der Waals surface area contributed by atoms with Crippen molar-refractivity contribution in [2.75, 3.05) is 6.54 Å². The van der Waals surface area contributed by atoms with Gasteiger partial charge in [0.2, 0.25) is 5.91 Å². The Hall–Kier alpha value is -2.18. The van der Waals surface area contributed by atoms with Gasteiger partial charge in [0.1, 0.15) is 5.82 Å². The second kappa shape index (κ2) is 6.98. The largest absolute Gasteiger partial charge is 0.332 e. The van der Waals surface area contributed by atoms with Crippen LogP contribution in [0.1, 0.15) is 73.7 Å². The molecule has 1 atom stereocenters. The Morgan fingerprint density at radius 2 is 2.08 bits per heavy atom. The fourth-order valence-corrected chi connectivity index (χ4v) is 3.54. The third kappa shape index (κ3) is 3.45. The molecule has 1 aliphatic heterocycles. The van der Waals surface area contributed by atoms with Gasteiger partial charge in [0.25, 0.3) is 0 Å². The number of piperidine rings is 1. The SMILES string of the molecule is Cc1nn(C)c(C)c1CC(=O)N1CCCC[C@@H]1c1nc(C(C)C)n[nH]1. The number of hydrogen-bond donors (Lipinski definition) is 1. The molecule has 0 radical (unpaired) electrons. The Labute approximate surface area is 148 Å². The summed E-state index contributed by atoms with van der Waals surface area (Å²) in [7, 11) is 1.92. The fraction of sp³-hybridized carbons (Fsp3) is 0.667. The zero-order chi connectivity index (χ0) is 18.1. The Morgan fingerprint density at radius 1 is 1.32 bits per heavy atom. The molecular formula is C18H28N6O. The second-order valence-corrected chi connectivity index (χ2v) is 7.28. The van der Waals surface area contributed by atoms with Gasteiger partial charge in [-0.1, -0.05) is 13.8 Å². The molecule has 0 unspecified atom stereocenters. The zero-order valence-corrected chi connectivity index (χ0v) is 15.8. The first-order chi connectivity index (χ1) is 11.9. The first kappa shape index (κ1) is 17.6. The molecule has 1 fully saturated rings. The summed E-state index contributed by atoms with van der Waals surface area (Å²) in [4.78, 5) is 19.6. The van der Waals surface area contributed by atoms with E-state index in [9.17, 15) is 4.79 Å². The molecule has 0 aliphatic carbocycles. The van der Waals surface area contributed by atoms with Gasteiger partial charge < -0.3 is 4.90 Å². The molecule has 1 saturated heterocycles. The second-order valence-electron chi connectivity index (χ2n) is 7.28. The van der Waals surface area contributed by atoms with Crippen molar-refractivity contribution in [1.82, 2.24) is 29.9 Å². The molecule has 0 spiro atoms. The number of carbonyl (C=O) groups excluding carboxylic acids is 1. The number of amides is 1. The van der Waals surface area contributed by atoms with E-state index in [0.717, 1.165) is 54.4 Å². The van der Waals surface area contributed by atoms with E-state index in [2.05, 4.69) is 34.1 Å². The number of H-pyrrole nitrogens is 1. The van der Waals surface area contributed by atoms with Crippen LogP contribution in [0.25, 0.3) is 0 Å². The van der Waals surface area contributed by atoms with Gasteiger partial charge in [-0.2, -0.15) is 10.2 Å². The Bertz CT molecular complexity index is 760. The Balaban J connectivity index is 1.81. The molecule has 0 aromatic carbocycles. The summed E-state index contributed by atoms with van der Waals surface area (Å²) in [6.07, 6.45) is 3.48. The maximum Gasteiger partial charge on any atom is 0.227 e. The van der Waals surface area contributed by atoms with Gasteiger partial charge in [0, 0.05) is 30.8 Å². The highest BCUT2D eigenvalue weighted by atomic mass is 16.2. The van der Waals surface area contributed by atoms with Gasteiger partial charge in [-0.05, 0) is 33.1 Å². The number of nitrogens with zero attached hydrogens (tertiary/aromatic N) is 5. The third-order valence-electron chi connectivity index (χ3n) is 5.16. The topological polar surface area (TPSA) is 79.7 Å². The van der Waals surface area contributed by atoms with E-state index >= 15 is 0 Å². The number of aryl methyl sites for hydroxylation is 2. The minimum absolute atomic E-state index is 0.00136. The van der Waals surface area contributed by atoms with E-state index < -0.39 is 0 Å². The highest BCUT2D eigenvalue weighted by Crippen LogP contribution is 2.30. The number of aromatic amines is 1. The average molecular weight is 344 g/mol. The number of carbonyl (C=O) groups is 1. The molecule has 1 aliphatic rings. The lowest BCUT2D eigenvalue weighted by atomic mass is 9.99. The summed E-state index contributed by atoms with van der Waals surface area (Å²) in [5.41, 5.74) is 3.03. The lowest BCUT2D eigenvalue weighted by molar-refractivity contribution is -0.134. The van der Waals surface area contributed by atoms with Gasteiger partial charge in [-0.25, -0.2) is 4.98 Å². The summed E-state index contributed by atoms with van der Waals surface area (Å²) >= 11 is 0. The molecule has 25 heavy (non-hydrogen) atoms. The third-order valence-corrected chi connectivity index (χ3v) is 5.16. The van der Waals surface area contributed by atoms with Gasteiger partial charge in [0.15, 0.2) is 5.82 Å². The van der Waals surface area contributed by atoms with Crippen molar-refractivity contribution in [2.45, 2.75) is 65.3 Å². The highest BCUT2D eigenvalue weighted by Gasteiger charge is 2.31. The number of likely N-dealkylation sites (tertiary alicyclic amines) is 1. The van der Waals surface area contributed by atoms with Crippen molar-refractivity contribution < 1.29 is 4.79 Å². The Morgan fingerprint density at radius 3 is 2.68 bits per heavy atom. The van der Waals surface area contributed by atoms with E-state index in [0.29, 0.717) is 6.42 Å². The molecule has 3 heterocycles. The summed E-state index contributed by atoms with van der Waals surface area (Å²) in [5, 5.41) is 11.8. The predicted octanol–water partition coefficient (Wildman–Crippen LogP) is 2.57. The molecule has 2 aromatic heterocycles. The molecular weight excluding hydrogens is 316 g/mol. The van der Waals surface area contributed by atoms with Gasteiger partial charge in [-0.15, -0.1) is 0 Å². The minimum atomic E-state index is -0.00136. The van der Waals surface area contributed by atoms with Crippen LogP contribution in [0, 0.1) is 13.8 Å². The molecule has 1 amide bonds. The first-order valence-corrected chi connectivity index (χ1v) is 9.09. The maximum absolute atomic E-state index is 13.0. The quantitative estimate of drug-likeness (QED) is 0.924. The summed E-state index contributed by atoms with van der Waals surface area (Å²) in [6, 6.07) is -0.00136. The van der Waals surface area contributed by atoms with Crippen LogP contribution in [0.5, 0.6) is 0 Å². The van der Waals surface area contributed by atoms with E-state index in [1.165, 1.54) is 0 Å². The van der Waals surface area contributed by atoms with Crippen molar-refractivity contribution in [3.05, 3.63) is 28.6 Å². The van der Waals surface area contributed by atoms with Crippen LogP contribution in [-0.4, -0.2) is 42.3 Å². The highest BCUT2D eigenvalue weighted by molar-refractivity contribution is 5.79. The molecule has 0 saturated carbocycles. The van der Waals surface area contributed by atoms with Crippen LogP contribution in [-0.2, 0) is 18.3 Å². The monoisotopic (exact) mass is 344 g/mol. The zero-order valence-electron chi connectivity index (χ0n) is 15.8. The van der Waals surface area contributed by atoms with Crippen molar-refractivity contribution >= 4 is 5.91 Å². The predicted molar refractivity (Wildman–Crippen MR) is 95.2 cm³/mol. The Kier molecular flexibility index (Phi) is 4.92. The van der Waals surface area contributed by atoms with Crippen molar-refractivity contribution in [3.8, 4) is 0 Å². The molecule has 3 rings (SSSR count). The van der Waals surface area contributed by atoms with Crippen molar-refractivity contribution in [3.63, 3.8) is 0 Å². The van der Waals surface area contributed by atoms with Crippen LogP contribution < -0.4 is 0 Å². The van der Waals surface area contributed by atoms with Gasteiger partial charge >= 0.3 is 0 Å². The van der Waals surface area contributed by atoms with Crippen LogP contribution in [0.4, 0.5) is 0 Å². The van der Waals surface area contributed by atoms with Crippen molar-refractivity contribution in [1.29, 1.82) is 0 Å². The number of rotatable bonds is 4. The fourth-order valence-electron chi connectivity index (χ4n) is 3.54. The standard InChI is InChI=1S/C18H28N6O/c1-11(2)17-19-18(21-20-17)15-8-6-7-9-24(15)16(25)10-14-12(3)22-23(5)13(14)4/h11,15H,6-10H2,1-5H3,(H,19,20,21)/t15-/m1/s1. The van der Waals surface area contributed by atoms with Crippen LogP contribution in [0.15, 0.2) is 0 Å². The smallest absolute Gasteiger partial charge is 0.227 e. The van der Waals surface area contributed by atoms with Crippen LogP contribution >= 0.6 is 0 Å². The summed E-state index contributed by atoms with van der Waals surface area (Å²) in [5.74, 6) is 2.05. The minimum Gasteiger partial charge on any atom is -0.332 e. The average Bonchev–Trinajstić information content (AvgIpc) is 3.16. The maximum atomic E-state index is 13.0. The van der Waals surface area contributed by atoms with Gasteiger partial charge in [0.05, 0.1) is 18.2 Å². The lowest BCUT2D eigenvalue weighted by Gasteiger charge is -2.34. The van der Waals surface area contributed by atoms with Crippen LogP contribution in [0.3, 0.4) is 0 Å². The molecule has 1 N–H and O–H groups in total. The molecule has 0 bridgehead atoms. The molecule has 2 aromatic rings. The van der Waals surface area contributed by atoms with E-state index in [-0.39, 0.29) is 17.9 Å². The molecule has 7 nitrogen and oxygen atoms in total. The van der Waals surface area contributed by atoms with E-state index in [1.807, 2.05) is 30.5 Å². The first-order valence-electron chi connectivity index (χ1n) is 9.09. The number of aromatic nitrogens is 5. The number of hydrogen-bond acceptors (Lipinski definition) is 4. The normalized spacial score (nSPS) is 18.2. The van der Waals surface area contributed by atoms with Crippen molar-refractivity contribution in [2.24, 2.45) is 7.05 Å². The lowest BCUT2D eigenvalue weighted by Crippen LogP contribution is -2.40. The van der Waals surface area contributed by atoms with Gasteiger partial charge in [-0.3, -0.25) is 14.6 Å².